The molecule has 2 fully saturated rings. The van der Waals surface area contributed by atoms with Crippen LogP contribution in [0.3, 0.4) is 0 Å². The number of nitrogens with one attached hydrogen (secondary N) is 1. The fourth-order valence-electron chi connectivity index (χ4n) is 6.00. The highest BCUT2D eigenvalue weighted by Gasteiger charge is 2.33. The molecule has 3 aromatic rings. The summed E-state index contributed by atoms with van der Waals surface area (Å²) in [5, 5.41) is 9.77. The van der Waals surface area contributed by atoms with Crippen LogP contribution in [0.1, 0.15) is 77.9 Å². The van der Waals surface area contributed by atoms with Gasteiger partial charge in [0.2, 0.25) is 0 Å². The second-order valence-electron chi connectivity index (χ2n) is 10.4. The zero-order valence-corrected chi connectivity index (χ0v) is 21.1. The monoisotopic (exact) mass is 511 g/mol. The Morgan fingerprint density at radius 2 is 1.97 bits per heavy atom. The Balaban J connectivity index is 1.31. The molecule has 6 nitrogen and oxygen atoms in total. The SMILES string of the molecule is FC(F)c1cc2c(cc1-c1cnc(C3CC3)s1)CCCN2c1nn(C2CCOCC2)c2c1CNCC2. The van der Waals surface area contributed by atoms with Crippen molar-refractivity contribution in [1.29, 1.82) is 0 Å². The van der Waals surface area contributed by atoms with E-state index in [1.54, 1.807) is 23.6 Å². The molecule has 0 bridgehead atoms. The smallest absolute Gasteiger partial charge is 0.264 e. The van der Waals surface area contributed by atoms with Crippen LogP contribution in [0.4, 0.5) is 20.3 Å². The lowest BCUT2D eigenvalue weighted by Gasteiger charge is -2.32. The van der Waals surface area contributed by atoms with Gasteiger partial charge in [0, 0.05) is 79.5 Å². The van der Waals surface area contributed by atoms with E-state index < -0.39 is 6.43 Å². The number of aromatic nitrogens is 3. The first kappa shape index (κ1) is 22.8. The molecule has 9 heteroatoms. The van der Waals surface area contributed by atoms with Gasteiger partial charge in [0.1, 0.15) is 0 Å². The number of hydrogen-bond donors (Lipinski definition) is 1. The molecule has 3 aliphatic heterocycles. The van der Waals surface area contributed by atoms with Gasteiger partial charge in [0.05, 0.1) is 15.9 Å². The van der Waals surface area contributed by atoms with Crippen LogP contribution in [-0.4, -0.2) is 41.1 Å². The molecule has 1 saturated heterocycles. The number of halogens is 2. The minimum atomic E-state index is -2.55. The van der Waals surface area contributed by atoms with Gasteiger partial charge in [-0.1, -0.05) is 0 Å². The summed E-state index contributed by atoms with van der Waals surface area (Å²) in [4.78, 5) is 7.63. The number of ether oxygens (including phenoxy) is 1. The standard InChI is InChI=1S/C27H31F2N5OS/c28-25(29)20-13-23-17(12-19(20)24-15-31-27(36-24)16-3-4-16)2-1-9-33(23)26-21-14-30-8-5-22(21)34(32-26)18-6-10-35-11-7-18/h12-13,15-16,18,25,30H,1-11,14H2. The van der Waals surface area contributed by atoms with E-state index in [-0.39, 0.29) is 5.56 Å². The summed E-state index contributed by atoms with van der Waals surface area (Å²) in [6.45, 7) is 4.03. The highest BCUT2D eigenvalue weighted by Crippen LogP contribution is 2.47. The van der Waals surface area contributed by atoms with Crippen molar-refractivity contribution in [2.75, 3.05) is 31.2 Å². The molecule has 0 spiro atoms. The van der Waals surface area contributed by atoms with Gasteiger partial charge in [-0.15, -0.1) is 11.3 Å². The molecule has 190 valence electrons. The van der Waals surface area contributed by atoms with Crippen molar-refractivity contribution in [1.82, 2.24) is 20.1 Å². The molecule has 4 aliphatic rings. The maximum absolute atomic E-state index is 14.4. The van der Waals surface area contributed by atoms with Gasteiger partial charge in [-0.25, -0.2) is 13.8 Å². The first-order valence-corrected chi connectivity index (χ1v) is 14.1. The number of aryl methyl sites for hydroxylation is 1. The number of benzene rings is 1. The average Bonchev–Trinajstić information content (AvgIpc) is 3.52. The van der Waals surface area contributed by atoms with Gasteiger partial charge in [0.15, 0.2) is 5.82 Å². The van der Waals surface area contributed by atoms with E-state index in [0.29, 0.717) is 17.5 Å². The summed E-state index contributed by atoms with van der Waals surface area (Å²) in [7, 11) is 0. The second-order valence-corrected chi connectivity index (χ2v) is 11.5. The number of fused-ring (bicyclic) bond motifs is 2. The van der Waals surface area contributed by atoms with Gasteiger partial charge in [-0.3, -0.25) is 4.68 Å². The predicted octanol–water partition coefficient (Wildman–Crippen LogP) is 5.90. The van der Waals surface area contributed by atoms with E-state index in [2.05, 4.69) is 19.9 Å². The van der Waals surface area contributed by atoms with Crippen molar-refractivity contribution in [3.05, 3.63) is 45.7 Å². The van der Waals surface area contributed by atoms with Crippen LogP contribution in [-0.2, 0) is 24.1 Å². The zero-order chi connectivity index (χ0) is 24.2. The van der Waals surface area contributed by atoms with E-state index in [4.69, 9.17) is 9.84 Å². The van der Waals surface area contributed by atoms with Crippen molar-refractivity contribution >= 4 is 22.8 Å². The lowest BCUT2D eigenvalue weighted by molar-refractivity contribution is 0.0653. The third-order valence-corrected chi connectivity index (χ3v) is 9.24. The molecular weight excluding hydrogens is 480 g/mol. The largest absolute Gasteiger partial charge is 0.381 e. The van der Waals surface area contributed by atoms with Crippen LogP contribution in [0.25, 0.3) is 10.4 Å². The van der Waals surface area contributed by atoms with Gasteiger partial charge in [-0.05, 0) is 56.2 Å². The Labute approximate surface area is 213 Å². The first-order chi connectivity index (χ1) is 17.7. The van der Waals surface area contributed by atoms with Crippen molar-refractivity contribution in [3.8, 4) is 10.4 Å². The van der Waals surface area contributed by atoms with Crippen molar-refractivity contribution in [3.63, 3.8) is 0 Å². The van der Waals surface area contributed by atoms with E-state index in [1.807, 2.05) is 6.07 Å². The highest BCUT2D eigenvalue weighted by molar-refractivity contribution is 7.15. The van der Waals surface area contributed by atoms with Crippen LogP contribution in [0.2, 0.25) is 0 Å². The molecule has 0 amide bonds. The predicted molar refractivity (Wildman–Crippen MR) is 137 cm³/mol. The lowest BCUT2D eigenvalue weighted by Crippen LogP contribution is -2.29. The van der Waals surface area contributed by atoms with Gasteiger partial charge >= 0.3 is 0 Å². The molecule has 0 unspecified atom stereocenters. The zero-order valence-electron chi connectivity index (χ0n) is 20.3. The summed E-state index contributed by atoms with van der Waals surface area (Å²) in [5.74, 6) is 1.46. The first-order valence-electron chi connectivity index (χ1n) is 13.2. The third kappa shape index (κ3) is 3.96. The number of hydrogen-bond acceptors (Lipinski definition) is 6. The van der Waals surface area contributed by atoms with Crippen molar-refractivity contribution in [2.24, 2.45) is 0 Å². The number of thiazole rings is 1. The maximum atomic E-state index is 14.4. The Kier molecular flexibility index (Phi) is 5.82. The van der Waals surface area contributed by atoms with E-state index in [0.717, 1.165) is 105 Å². The van der Waals surface area contributed by atoms with Gasteiger partial charge in [-0.2, -0.15) is 5.10 Å². The second kappa shape index (κ2) is 9.19. The summed E-state index contributed by atoms with van der Waals surface area (Å²) in [6.07, 6.45) is 6.31. The molecule has 1 N–H and O–H groups in total. The number of nitrogens with zero attached hydrogens (tertiary/aromatic N) is 4. The molecule has 5 heterocycles. The molecular formula is C27H31F2N5OS. The van der Waals surface area contributed by atoms with E-state index >= 15 is 0 Å². The number of rotatable bonds is 5. The third-order valence-electron chi connectivity index (χ3n) is 8.05. The summed E-state index contributed by atoms with van der Waals surface area (Å²) in [5.41, 5.74) is 5.27. The molecule has 36 heavy (non-hydrogen) atoms. The molecule has 7 rings (SSSR count). The topological polar surface area (TPSA) is 55.2 Å². The molecule has 0 radical (unpaired) electrons. The molecule has 0 atom stereocenters. The highest BCUT2D eigenvalue weighted by atomic mass is 32.1. The van der Waals surface area contributed by atoms with Crippen molar-refractivity contribution in [2.45, 2.75) is 69.9 Å². The fourth-order valence-corrected chi connectivity index (χ4v) is 7.12. The lowest BCUT2D eigenvalue weighted by atomic mass is 9.94. The van der Waals surface area contributed by atoms with E-state index in [1.165, 1.54) is 11.3 Å². The fraction of sp³-hybridized carbons (Fsp3) is 0.556. The van der Waals surface area contributed by atoms with Crippen LogP contribution >= 0.6 is 11.3 Å². The van der Waals surface area contributed by atoms with Gasteiger partial charge < -0.3 is 15.0 Å². The number of alkyl halides is 2. The molecule has 2 aromatic heterocycles. The summed E-state index contributed by atoms with van der Waals surface area (Å²) < 4.78 is 36.7. The Morgan fingerprint density at radius 1 is 1.11 bits per heavy atom. The number of anilines is 2. The molecule has 1 aliphatic carbocycles. The minimum Gasteiger partial charge on any atom is -0.381 e. The Hall–Kier alpha value is -2.36. The Bertz CT molecular complexity index is 1280. The summed E-state index contributed by atoms with van der Waals surface area (Å²) >= 11 is 1.58. The summed E-state index contributed by atoms with van der Waals surface area (Å²) in [6, 6.07) is 4.09. The van der Waals surface area contributed by atoms with Crippen LogP contribution in [0.5, 0.6) is 0 Å². The molecule has 1 saturated carbocycles. The molecule has 1 aromatic carbocycles. The quantitative estimate of drug-likeness (QED) is 0.462. The van der Waals surface area contributed by atoms with Crippen molar-refractivity contribution < 1.29 is 13.5 Å². The average molecular weight is 512 g/mol. The van der Waals surface area contributed by atoms with Crippen LogP contribution < -0.4 is 10.2 Å². The minimum absolute atomic E-state index is 0.0995. The van der Waals surface area contributed by atoms with Crippen LogP contribution in [0.15, 0.2) is 18.3 Å². The van der Waals surface area contributed by atoms with Gasteiger partial charge in [0.25, 0.3) is 6.43 Å². The van der Waals surface area contributed by atoms with Crippen LogP contribution in [0, 0.1) is 0 Å². The maximum Gasteiger partial charge on any atom is 0.264 e. The normalized spacial score (nSPS) is 20.6. The van der Waals surface area contributed by atoms with E-state index in [9.17, 15) is 8.78 Å². The Morgan fingerprint density at radius 3 is 2.78 bits per heavy atom.